The van der Waals surface area contributed by atoms with Gasteiger partial charge in [-0.1, -0.05) is 30.3 Å². The molecule has 1 amide bonds. The van der Waals surface area contributed by atoms with E-state index in [0.717, 1.165) is 50.3 Å². The van der Waals surface area contributed by atoms with Gasteiger partial charge in [-0.2, -0.15) is 4.98 Å². The summed E-state index contributed by atoms with van der Waals surface area (Å²) in [5, 5.41) is 5.96. The highest BCUT2D eigenvalue weighted by atomic mass is 19.1. The number of nitrogens with zero attached hydrogens (tertiary/aromatic N) is 4. The van der Waals surface area contributed by atoms with E-state index in [1.54, 1.807) is 30.3 Å². The molecule has 1 fully saturated rings. The summed E-state index contributed by atoms with van der Waals surface area (Å²) in [7, 11) is 3.66. The maximum absolute atomic E-state index is 15.0. The van der Waals surface area contributed by atoms with Crippen LogP contribution in [0.3, 0.4) is 0 Å². The molecule has 0 aliphatic carbocycles. The van der Waals surface area contributed by atoms with Crippen LogP contribution in [0.5, 0.6) is 23.1 Å². The van der Waals surface area contributed by atoms with Crippen LogP contribution in [0.1, 0.15) is 27.9 Å². The number of hydrogen-bond acceptors (Lipinski definition) is 9. The maximum Gasteiger partial charge on any atom is 0.262 e. The number of benzene rings is 3. The Morgan fingerprint density at radius 1 is 0.956 bits per heavy atom. The summed E-state index contributed by atoms with van der Waals surface area (Å²) in [5.74, 6) is 0.182. The fourth-order valence-electron chi connectivity index (χ4n) is 5.03. The number of carbonyl (C=O) groups excluding carboxylic acids is 1. The predicted octanol–water partition coefficient (Wildman–Crippen LogP) is 6.05. The lowest BCUT2D eigenvalue weighted by Crippen LogP contribution is -2.44. The molecule has 236 valence electrons. The van der Waals surface area contributed by atoms with Crippen molar-refractivity contribution in [3.05, 3.63) is 89.4 Å². The Balaban J connectivity index is 1.30. The number of amides is 1. The van der Waals surface area contributed by atoms with Crippen molar-refractivity contribution in [3.8, 4) is 23.1 Å². The SMILES string of the molecule is COc1ccccc1Oc1nc(Nc2ccc(OCCCN3CCN(C)CC3)c(F)c2)ncc1C(=O)Nc1c(C)cccc1C. The first-order chi connectivity index (χ1) is 21.8. The van der Waals surface area contributed by atoms with E-state index in [2.05, 4.69) is 37.4 Å². The summed E-state index contributed by atoms with van der Waals surface area (Å²) in [4.78, 5) is 27.0. The van der Waals surface area contributed by atoms with E-state index in [-0.39, 0.29) is 23.1 Å². The van der Waals surface area contributed by atoms with Crippen molar-refractivity contribution in [2.75, 3.05) is 64.1 Å². The van der Waals surface area contributed by atoms with E-state index in [1.807, 2.05) is 38.1 Å². The third-order valence-electron chi connectivity index (χ3n) is 7.65. The lowest BCUT2D eigenvalue weighted by atomic mass is 10.1. The van der Waals surface area contributed by atoms with Crippen LogP contribution < -0.4 is 24.8 Å². The van der Waals surface area contributed by atoms with Crippen molar-refractivity contribution in [1.29, 1.82) is 0 Å². The summed E-state index contributed by atoms with van der Waals surface area (Å²) in [5.41, 5.74) is 3.05. The number of carbonyl (C=O) groups is 1. The van der Waals surface area contributed by atoms with Gasteiger partial charge < -0.3 is 34.6 Å². The molecule has 5 rings (SSSR count). The second-order valence-electron chi connectivity index (χ2n) is 11.0. The highest BCUT2D eigenvalue weighted by Gasteiger charge is 2.20. The number of aryl methyl sites for hydroxylation is 2. The normalized spacial score (nSPS) is 13.7. The van der Waals surface area contributed by atoms with Crippen LogP contribution in [0.25, 0.3) is 0 Å². The second-order valence-corrected chi connectivity index (χ2v) is 11.0. The minimum absolute atomic E-state index is 0.00140. The molecule has 1 aromatic heterocycles. The van der Waals surface area contributed by atoms with Gasteiger partial charge in [0.2, 0.25) is 11.8 Å². The standard InChI is InChI=1S/C34H39FN6O4/c1-23-9-7-10-24(2)31(23)38-32(42)26-22-36-34(39-33(26)45-30-12-6-5-11-29(30)43-4)37-25-13-14-28(27(35)21-25)44-20-8-15-41-18-16-40(3)17-19-41/h5-7,9-14,21-22H,8,15-20H2,1-4H3,(H,38,42)(H,36,37,39). The predicted molar refractivity (Wildman–Crippen MR) is 173 cm³/mol. The van der Waals surface area contributed by atoms with Gasteiger partial charge in [0, 0.05) is 56.4 Å². The fourth-order valence-corrected chi connectivity index (χ4v) is 5.03. The smallest absolute Gasteiger partial charge is 0.262 e. The number of likely N-dealkylation sites (N-methyl/N-ethyl adjacent to an activating group) is 1. The van der Waals surface area contributed by atoms with E-state index >= 15 is 0 Å². The van der Waals surface area contributed by atoms with Crippen LogP contribution in [-0.4, -0.2) is 79.2 Å². The maximum atomic E-state index is 15.0. The first-order valence-electron chi connectivity index (χ1n) is 15.0. The number of para-hydroxylation sites is 3. The van der Waals surface area contributed by atoms with Gasteiger partial charge in [-0.15, -0.1) is 0 Å². The molecule has 2 heterocycles. The largest absolute Gasteiger partial charge is 0.493 e. The molecule has 4 aromatic rings. The lowest BCUT2D eigenvalue weighted by Gasteiger charge is -2.32. The van der Waals surface area contributed by atoms with Crippen molar-refractivity contribution >= 4 is 23.2 Å². The molecule has 11 heteroatoms. The third kappa shape index (κ3) is 8.25. The Morgan fingerprint density at radius 2 is 1.69 bits per heavy atom. The average molecular weight is 615 g/mol. The number of piperazine rings is 1. The summed E-state index contributed by atoms with van der Waals surface area (Å²) >= 11 is 0. The molecular formula is C34H39FN6O4. The van der Waals surface area contributed by atoms with Crippen LogP contribution >= 0.6 is 0 Å². The summed E-state index contributed by atoms with van der Waals surface area (Å²) in [6.07, 6.45) is 2.19. The molecule has 10 nitrogen and oxygen atoms in total. The molecule has 1 aliphatic rings. The number of anilines is 3. The minimum atomic E-state index is -0.505. The van der Waals surface area contributed by atoms with Crippen LogP contribution in [0.2, 0.25) is 0 Å². The Morgan fingerprint density at radius 3 is 2.40 bits per heavy atom. The lowest BCUT2D eigenvalue weighted by molar-refractivity contribution is 0.102. The first-order valence-corrected chi connectivity index (χ1v) is 15.0. The molecule has 0 saturated carbocycles. The van der Waals surface area contributed by atoms with Crippen LogP contribution in [0.15, 0.2) is 66.9 Å². The number of rotatable bonds is 12. The monoisotopic (exact) mass is 614 g/mol. The van der Waals surface area contributed by atoms with Crippen molar-refractivity contribution in [2.45, 2.75) is 20.3 Å². The topological polar surface area (TPSA) is 101 Å². The average Bonchev–Trinajstić information content (AvgIpc) is 3.03. The molecule has 0 spiro atoms. The number of methoxy groups -OCH3 is 1. The number of aromatic nitrogens is 2. The molecule has 0 atom stereocenters. The van der Waals surface area contributed by atoms with Crippen LogP contribution in [0.4, 0.5) is 21.7 Å². The zero-order valence-corrected chi connectivity index (χ0v) is 26.1. The third-order valence-corrected chi connectivity index (χ3v) is 7.65. The molecule has 0 bridgehead atoms. The fraction of sp³-hybridized carbons (Fsp3) is 0.324. The number of hydrogen-bond donors (Lipinski definition) is 2. The van der Waals surface area contributed by atoms with E-state index in [0.29, 0.717) is 29.5 Å². The molecule has 0 unspecified atom stereocenters. The molecular weight excluding hydrogens is 575 g/mol. The number of ether oxygens (including phenoxy) is 3. The van der Waals surface area contributed by atoms with Gasteiger partial charge in [-0.05, 0) is 62.7 Å². The summed E-state index contributed by atoms with van der Waals surface area (Å²) in [6, 6.07) is 17.4. The Labute approximate surface area is 263 Å². The van der Waals surface area contributed by atoms with Crippen LogP contribution in [-0.2, 0) is 0 Å². The van der Waals surface area contributed by atoms with Gasteiger partial charge in [0.1, 0.15) is 5.56 Å². The van der Waals surface area contributed by atoms with E-state index in [4.69, 9.17) is 14.2 Å². The van der Waals surface area contributed by atoms with Crippen LogP contribution in [0, 0.1) is 19.7 Å². The van der Waals surface area contributed by atoms with Gasteiger partial charge in [-0.25, -0.2) is 9.37 Å². The molecule has 0 radical (unpaired) electrons. The van der Waals surface area contributed by atoms with Crippen molar-refractivity contribution in [1.82, 2.24) is 19.8 Å². The highest BCUT2D eigenvalue weighted by Crippen LogP contribution is 2.33. The summed E-state index contributed by atoms with van der Waals surface area (Å²) < 4.78 is 32.2. The van der Waals surface area contributed by atoms with E-state index in [1.165, 1.54) is 19.4 Å². The molecule has 45 heavy (non-hydrogen) atoms. The zero-order chi connectivity index (χ0) is 31.8. The van der Waals surface area contributed by atoms with E-state index < -0.39 is 11.7 Å². The minimum Gasteiger partial charge on any atom is -0.493 e. The second kappa shape index (κ2) is 14.8. The quantitative estimate of drug-likeness (QED) is 0.185. The Bertz CT molecular complexity index is 1610. The van der Waals surface area contributed by atoms with Gasteiger partial charge in [0.25, 0.3) is 5.91 Å². The molecule has 3 aromatic carbocycles. The molecule has 1 aliphatic heterocycles. The molecule has 2 N–H and O–H groups in total. The van der Waals surface area contributed by atoms with Gasteiger partial charge >= 0.3 is 0 Å². The van der Waals surface area contributed by atoms with Gasteiger partial charge in [0.05, 0.1) is 13.7 Å². The first kappa shape index (κ1) is 31.7. The molecule has 1 saturated heterocycles. The summed E-state index contributed by atoms with van der Waals surface area (Å²) in [6.45, 7) is 9.38. The number of halogens is 1. The van der Waals surface area contributed by atoms with E-state index in [9.17, 15) is 9.18 Å². The van der Waals surface area contributed by atoms with Crippen molar-refractivity contribution in [3.63, 3.8) is 0 Å². The Hall–Kier alpha value is -4.74. The van der Waals surface area contributed by atoms with Gasteiger partial charge in [-0.3, -0.25) is 4.79 Å². The zero-order valence-electron chi connectivity index (χ0n) is 26.1. The van der Waals surface area contributed by atoms with Gasteiger partial charge in [0.15, 0.2) is 23.1 Å². The van der Waals surface area contributed by atoms with Crippen molar-refractivity contribution < 1.29 is 23.4 Å². The van der Waals surface area contributed by atoms with Crippen molar-refractivity contribution in [2.24, 2.45) is 0 Å². The Kier molecular flexibility index (Phi) is 10.4. The highest BCUT2D eigenvalue weighted by molar-refractivity contribution is 6.06. The number of nitrogens with one attached hydrogen (secondary N) is 2.